The van der Waals surface area contributed by atoms with Crippen molar-refractivity contribution in [3.05, 3.63) is 23.5 Å². The van der Waals surface area contributed by atoms with Crippen LogP contribution in [-0.4, -0.2) is 36.4 Å². The molecule has 1 aliphatic carbocycles. The summed E-state index contributed by atoms with van der Waals surface area (Å²) in [5, 5.41) is 2.49. The van der Waals surface area contributed by atoms with Crippen LogP contribution in [-0.2, 0) is 9.84 Å². The Morgan fingerprint density at radius 1 is 1.32 bits per heavy atom. The number of carbonyl (C=O) groups is 1. The number of carbonyl (C=O) groups excluding carboxylic acids is 1. The maximum absolute atomic E-state index is 12.5. The number of sulfone groups is 1. The maximum Gasteiger partial charge on any atom is 0.253 e. The highest BCUT2D eigenvalue weighted by molar-refractivity contribution is 7.91. The third kappa shape index (κ3) is 3.54. The van der Waals surface area contributed by atoms with E-state index in [1.54, 1.807) is 0 Å². The molecule has 5 nitrogen and oxygen atoms in total. The molecule has 6 heteroatoms. The molecule has 1 fully saturated rings. The standard InChI is InChI=1S/C16H26N2O3S/c1-11(2)18-10-9-13(12(18)3)16(19)17-14-7-5-6-8-15(14)22(4,20)21/h9-11,14-15H,5-8H2,1-4H3,(H,17,19)/t14-,15-/m1/s1. The summed E-state index contributed by atoms with van der Waals surface area (Å²) in [7, 11) is -3.14. The normalized spacial score (nSPS) is 22.8. The molecule has 0 saturated heterocycles. The molecule has 2 rings (SSSR count). The lowest BCUT2D eigenvalue weighted by Gasteiger charge is -2.30. The summed E-state index contributed by atoms with van der Waals surface area (Å²) in [5.41, 5.74) is 1.55. The first kappa shape index (κ1) is 17.1. The van der Waals surface area contributed by atoms with E-state index in [1.807, 2.05) is 23.8 Å². The van der Waals surface area contributed by atoms with Gasteiger partial charge in [0.15, 0.2) is 9.84 Å². The average Bonchev–Trinajstić information content (AvgIpc) is 2.80. The van der Waals surface area contributed by atoms with Crippen LogP contribution in [0, 0.1) is 6.92 Å². The Kier molecular flexibility index (Phi) is 5.00. The first-order valence-electron chi connectivity index (χ1n) is 7.89. The molecule has 0 aromatic carbocycles. The fourth-order valence-corrected chi connectivity index (χ4v) is 4.74. The highest BCUT2D eigenvalue weighted by Crippen LogP contribution is 2.25. The van der Waals surface area contributed by atoms with Gasteiger partial charge < -0.3 is 9.88 Å². The van der Waals surface area contributed by atoms with Gasteiger partial charge in [-0.05, 0) is 39.7 Å². The highest BCUT2D eigenvalue weighted by Gasteiger charge is 2.34. The molecule has 1 N–H and O–H groups in total. The van der Waals surface area contributed by atoms with Crippen LogP contribution in [0.5, 0.6) is 0 Å². The number of amides is 1. The molecule has 1 aliphatic rings. The molecule has 22 heavy (non-hydrogen) atoms. The maximum atomic E-state index is 12.5. The van der Waals surface area contributed by atoms with Crippen LogP contribution in [0.1, 0.15) is 61.6 Å². The molecule has 0 spiro atoms. The number of nitrogens with zero attached hydrogens (tertiary/aromatic N) is 1. The number of aromatic nitrogens is 1. The van der Waals surface area contributed by atoms with Crippen molar-refractivity contribution < 1.29 is 13.2 Å². The summed E-state index contributed by atoms with van der Waals surface area (Å²) in [6, 6.07) is 1.82. The molecule has 1 aromatic heterocycles. The van der Waals surface area contributed by atoms with Crippen molar-refractivity contribution >= 4 is 15.7 Å². The van der Waals surface area contributed by atoms with Gasteiger partial charge in [-0.1, -0.05) is 12.8 Å². The second kappa shape index (κ2) is 6.44. The van der Waals surface area contributed by atoms with Crippen LogP contribution in [0.3, 0.4) is 0 Å². The van der Waals surface area contributed by atoms with E-state index < -0.39 is 15.1 Å². The molecule has 1 heterocycles. The van der Waals surface area contributed by atoms with E-state index in [1.165, 1.54) is 6.26 Å². The second-order valence-corrected chi connectivity index (χ2v) is 8.81. The van der Waals surface area contributed by atoms with E-state index in [9.17, 15) is 13.2 Å². The monoisotopic (exact) mass is 326 g/mol. The molecule has 124 valence electrons. The minimum Gasteiger partial charge on any atom is -0.348 e. The fraction of sp³-hybridized carbons (Fsp3) is 0.688. The Morgan fingerprint density at radius 3 is 2.50 bits per heavy atom. The summed E-state index contributed by atoms with van der Waals surface area (Å²) < 4.78 is 25.9. The molecule has 0 radical (unpaired) electrons. The molecular formula is C16H26N2O3S. The average molecular weight is 326 g/mol. The zero-order valence-electron chi connectivity index (χ0n) is 13.8. The van der Waals surface area contributed by atoms with Gasteiger partial charge in [0, 0.05) is 30.2 Å². The van der Waals surface area contributed by atoms with E-state index >= 15 is 0 Å². The van der Waals surface area contributed by atoms with E-state index in [4.69, 9.17) is 0 Å². The van der Waals surface area contributed by atoms with Gasteiger partial charge in [0.1, 0.15) is 0 Å². The van der Waals surface area contributed by atoms with Crippen LogP contribution in [0.25, 0.3) is 0 Å². The summed E-state index contributed by atoms with van der Waals surface area (Å²) in [5.74, 6) is -0.169. The second-order valence-electron chi connectivity index (χ2n) is 6.55. The quantitative estimate of drug-likeness (QED) is 0.924. The number of rotatable bonds is 4. The summed E-state index contributed by atoms with van der Waals surface area (Å²) >= 11 is 0. The van der Waals surface area contributed by atoms with Crippen LogP contribution in [0.4, 0.5) is 0 Å². The van der Waals surface area contributed by atoms with Crippen LogP contribution in [0.15, 0.2) is 12.3 Å². The SMILES string of the molecule is Cc1c(C(=O)N[C@@H]2CCCC[C@H]2S(C)(=O)=O)ccn1C(C)C. The van der Waals surface area contributed by atoms with Crippen molar-refractivity contribution in [3.63, 3.8) is 0 Å². The smallest absolute Gasteiger partial charge is 0.253 e. The lowest BCUT2D eigenvalue weighted by atomic mass is 9.94. The van der Waals surface area contributed by atoms with E-state index in [-0.39, 0.29) is 11.9 Å². The zero-order valence-corrected chi connectivity index (χ0v) is 14.6. The minimum atomic E-state index is -3.14. The first-order chi connectivity index (χ1) is 10.2. The largest absolute Gasteiger partial charge is 0.348 e. The van der Waals surface area contributed by atoms with Gasteiger partial charge >= 0.3 is 0 Å². The molecule has 0 bridgehead atoms. The van der Waals surface area contributed by atoms with Gasteiger partial charge in [0.05, 0.1) is 10.8 Å². The lowest BCUT2D eigenvalue weighted by molar-refractivity contribution is 0.0928. The van der Waals surface area contributed by atoms with Crippen LogP contribution in [0.2, 0.25) is 0 Å². The predicted molar refractivity (Wildman–Crippen MR) is 87.9 cm³/mol. The Balaban J connectivity index is 2.17. The third-order valence-electron chi connectivity index (χ3n) is 4.55. The van der Waals surface area contributed by atoms with Crippen molar-refractivity contribution in [1.82, 2.24) is 9.88 Å². The number of hydrogen-bond acceptors (Lipinski definition) is 3. The molecule has 1 saturated carbocycles. The van der Waals surface area contributed by atoms with E-state index in [2.05, 4.69) is 19.2 Å². The molecule has 2 atom stereocenters. The van der Waals surface area contributed by atoms with Gasteiger partial charge in [-0.2, -0.15) is 0 Å². The molecular weight excluding hydrogens is 300 g/mol. The van der Waals surface area contributed by atoms with Gasteiger partial charge in [-0.25, -0.2) is 8.42 Å². The Morgan fingerprint density at radius 2 is 1.95 bits per heavy atom. The Hall–Kier alpha value is -1.30. The lowest BCUT2D eigenvalue weighted by Crippen LogP contribution is -2.48. The highest BCUT2D eigenvalue weighted by atomic mass is 32.2. The molecule has 0 aliphatic heterocycles. The predicted octanol–water partition coefficient (Wildman–Crippen LogP) is 2.46. The first-order valence-corrected chi connectivity index (χ1v) is 9.84. The number of nitrogens with one attached hydrogen (secondary N) is 1. The number of hydrogen-bond donors (Lipinski definition) is 1. The van der Waals surface area contributed by atoms with Gasteiger partial charge in [0.25, 0.3) is 5.91 Å². The molecule has 1 aromatic rings. The summed E-state index contributed by atoms with van der Waals surface area (Å²) in [6.45, 7) is 6.05. The van der Waals surface area contributed by atoms with Gasteiger partial charge in [-0.15, -0.1) is 0 Å². The third-order valence-corrected chi connectivity index (χ3v) is 6.21. The topological polar surface area (TPSA) is 68.2 Å². The fourth-order valence-electron chi connectivity index (χ4n) is 3.35. The Bertz CT molecular complexity index is 646. The van der Waals surface area contributed by atoms with Gasteiger partial charge in [-0.3, -0.25) is 4.79 Å². The molecule has 0 unspecified atom stereocenters. The summed E-state index contributed by atoms with van der Waals surface area (Å²) in [6.07, 6.45) is 6.41. The van der Waals surface area contributed by atoms with Crippen LogP contribution < -0.4 is 5.32 Å². The summed E-state index contributed by atoms with van der Waals surface area (Å²) in [4.78, 5) is 12.5. The van der Waals surface area contributed by atoms with Crippen molar-refractivity contribution in [2.24, 2.45) is 0 Å². The van der Waals surface area contributed by atoms with Crippen molar-refractivity contribution in [2.45, 2.75) is 63.8 Å². The van der Waals surface area contributed by atoms with E-state index in [0.717, 1.165) is 25.0 Å². The van der Waals surface area contributed by atoms with E-state index in [0.29, 0.717) is 18.0 Å². The van der Waals surface area contributed by atoms with Crippen molar-refractivity contribution in [2.75, 3.05) is 6.26 Å². The Labute approximate surface area is 133 Å². The minimum absolute atomic E-state index is 0.169. The zero-order chi connectivity index (χ0) is 16.5. The molecule has 1 amide bonds. The van der Waals surface area contributed by atoms with Gasteiger partial charge in [0.2, 0.25) is 0 Å². The van der Waals surface area contributed by atoms with Crippen molar-refractivity contribution in [1.29, 1.82) is 0 Å². The van der Waals surface area contributed by atoms with Crippen molar-refractivity contribution in [3.8, 4) is 0 Å². The van der Waals surface area contributed by atoms with Crippen LogP contribution >= 0.6 is 0 Å².